The predicted octanol–water partition coefficient (Wildman–Crippen LogP) is 4.20. The molecule has 0 spiro atoms. The molecule has 0 aromatic carbocycles. The third-order valence-electron chi connectivity index (χ3n) is 3.26. The first-order valence-electron chi connectivity index (χ1n) is 5.68. The van der Waals surface area contributed by atoms with Gasteiger partial charge in [-0.25, -0.2) is 0 Å². The molecule has 0 saturated heterocycles. The summed E-state index contributed by atoms with van der Waals surface area (Å²) in [7, 11) is 0. The molecule has 2 heterocycles. The fraction of sp³-hybridized carbons (Fsp3) is 0.385. The lowest BCUT2D eigenvalue weighted by Crippen LogP contribution is -1.94. The summed E-state index contributed by atoms with van der Waals surface area (Å²) in [5, 5.41) is 10.1. The molecule has 3 atom stereocenters. The highest BCUT2D eigenvalue weighted by molar-refractivity contribution is 7.16. The van der Waals surface area contributed by atoms with Crippen LogP contribution in [0.2, 0.25) is 4.34 Å². The van der Waals surface area contributed by atoms with E-state index >= 15 is 0 Å². The van der Waals surface area contributed by atoms with Crippen LogP contribution in [-0.4, -0.2) is 5.11 Å². The van der Waals surface area contributed by atoms with Crippen molar-refractivity contribution in [1.82, 2.24) is 0 Å². The SMILES string of the molecule is CC1CC1c1ccc(C(O)c2ccc(Cl)s2)o1. The highest BCUT2D eigenvalue weighted by Crippen LogP contribution is 2.48. The Hall–Kier alpha value is -0.770. The Labute approximate surface area is 109 Å². The molecule has 3 unspecified atom stereocenters. The second-order valence-electron chi connectivity index (χ2n) is 4.60. The molecular weight excluding hydrogens is 256 g/mol. The zero-order valence-corrected chi connectivity index (χ0v) is 11.0. The fourth-order valence-corrected chi connectivity index (χ4v) is 3.10. The topological polar surface area (TPSA) is 33.4 Å². The standard InChI is InChI=1S/C13H13ClO2S/c1-7-6-8(7)9-2-3-10(16-9)13(15)11-4-5-12(14)17-11/h2-5,7-8,13,15H,6H2,1H3. The van der Waals surface area contributed by atoms with Crippen LogP contribution in [0.15, 0.2) is 28.7 Å². The molecule has 0 amide bonds. The van der Waals surface area contributed by atoms with Gasteiger partial charge in [0, 0.05) is 10.8 Å². The quantitative estimate of drug-likeness (QED) is 0.905. The van der Waals surface area contributed by atoms with Crippen molar-refractivity contribution in [3.8, 4) is 0 Å². The van der Waals surface area contributed by atoms with Crippen LogP contribution in [0.1, 0.15) is 41.8 Å². The Morgan fingerprint density at radius 2 is 2.18 bits per heavy atom. The first-order valence-corrected chi connectivity index (χ1v) is 6.87. The predicted molar refractivity (Wildman–Crippen MR) is 68.6 cm³/mol. The largest absolute Gasteiger partial charge is 0.463 e. The number of furan rings is 1. The van der Waals surface area contributed by atoms with Gasteiger partial charge in [0.05, 0.1) is 4.34 Å². The molecule has 3 rings (SSSR count). The van der Waals surface area contributed by atoms with Crippen LogP contribution in [-0.2, 0) is 0 Å². The first-order chi connectivity index (χ1) is 8.15. The second kappa shape index (κ2) is 4.16. The minimum atomic E-state index is -0.699. The van der Waals surface area contributed by atoms with Gasteiger partial charge in [0.25, 0.3) is 0 Å². The van der Waals surface area contributed by atoms with Crippen molar-refractivity contribution in [2.45, 2.75) is 25.4 Å². The van der Waals surface area contributed by atoms with Gasteiger partial charge in [-0.3, -0.25) is 0 Å². The maximum Gasteiger partial charge on any atom is 0.146 e. The van der Waals surface area contributed by atoms with Crippen LogP contribution >= 0.6 is 22.9 Å². The molecule has 1 N–H and O–H groups in total. The number of aliphatic hydroxyl groups excluding tert-OH is 1. The molecule has 4 heteroatoms. The average Bonchev–Trinajstić information content (AvgIpc) is 2.75. The Bertz CT molecular complexity index is 531. The summed E-state index contributed by atoms with van der Waals surface area (Å²) in [5.41, 5.74) is 0. The van der Waals surface area contributed by atoms with Gasteiger partial charge in [-0.1, -0.05) is 18.5 Å². The molecule has 1 aliphatic rings. The Morgan fingerprint density at radius 1 is 1.41 bits per heavy atom. The number of halogens is 1. The van der Waals surface area contributed by atoms with Crippen LogP contribution in [0.3, 0.4) is 0 Å². The van der Waals surface area contributed by atoms with E-state index in [9.17, 15) is 5.11 Å². The number of rotatable bonds is 3. The number of hydrogen-bond donors (Lipinski definition) is 1. The van der Waals surface area contributed by atoms with E-state index < -0.39 is 6.10 Å². The first kappa shape index (κ1) is 11.3. The molecule has 0 bridgehead atoms. The minimum absolute atomic E-state index is 0.544. The van der Waals surface area contributed by atoms with Crippen LogP contribution in [0.5, 0.6) is 0 Å². The highest BCUT2D eigenvalue weighted by atomic mass is 35.5. The number of hydrogen-bond acceptors (Lipinski definition) is 3. The molecular formula is C13H13ClO2S. The zero-order chi connectivity index (χ0) is 12.0. The van der Waals surface area contributed by atoms with E-state index in [1.807, 2.05) is 18.2 Å². The third-order valence-corrected chi connectivity index (χ3v) is 4.54. The van der Waals surface area contributed by atoms with Crippen molar-refractivity contribution in [3.63, 3.8) is 0 Å². The molecule has 90 valence electrons. The van der Waals surface area contributed by atoms with Gasteiger partial charge in [-0.2, -0.15) is 0 Å². The lowest BCUT2D eigenvalue weighted by Gasteiger charge is -2.04. The van der Waals surface area contributed by atoms with Crippen molar-refractivity contribution in [3.05, 3.63) is 45.0 Å². The summed E-state index contributed by atoms with van der Waals surface area (Å²) in [6.45, 7) is 2.21. The molecule has 2 nitrogen and oxygen atoms in total. The Kier molecular flexibility index (Phi) is 2.77. The van der Waals surface area contributed by atoms with Crippen LogP contribution in [0, 0.1) is 5.92 Å². The molecule has 1 saturated carbocycles. The summed E-state index contributed by atoms with van der Waals surface area (Å²) in [4.78, 5) is 0.819. The Balaban J connectivity index is 1.81. The lowest BCUT2D eigenvalue weighted by atomic mass is 10.2. The van der Waals surface area contributed by atoms with E-state index in [1.54, 1.807) is 6.07 Å². The van der Waals surface area contributed by atoms with E-state index in [4.69, 9.17) is 16.0 Å². The molecule has 0 radical (unpaired) electrons. The van der Waals surface area contributed by atoms with Crippen molar-refractivity contribution in [2.24, 2.45) is 5.92 Å². The lowest BCUT2D eigenvalue weighted by molar-refractivity contribution is 0.190. The van der Waals surface area contributed by atoms with Gasteiger partial charge in [0.1, 0.15) is 17.6 Å². The highest BCUT2D eigenvalue weighted by Gasteiger charge is 2.37. The van der Waals surface area contributed by atoms with Crippen molar-refractivity contribution in [1.29, 1.82) is 0 Å². The minimum Gasteiger partial charge on any atom is -0.463 e. The summed E-state index contributed by atoms with van der Waals surface area (Å²) in [6, 6.07) is 7.46. The van der Waals surface area contributed by atoms with Gasteiger partial charge in [0.15, 0.2) is 0 Å². The van der Waals surface area contributed by atoms with Crippen LogP contribution in [0.25, 0.3) is 0 Å². The normalized spacial score (nSPS) is 24.9. The van der Waals surface area contributed by atoms with Gasteiger partial charge in [-0.15, -0.1) is 11.3 Å². The van der Waals surface area contributed by atoms with Crippen molar-refractivity contribution < 1.29 is 9.52 Å². The van der Waals surface area contributed by atoms with Gasteiger partial charge in [-0.05, 0) is 36.6 Å². The summed E-state index contributed by atoms with van der Waals surface area (Å²) < 4.78 is 6.40. The third kappa shape index (κ3) is 2.15. The van der Waals surface area contributed by atoms with Crippen LogP contribution < -0.4 is 0 Å². The summed E-state index contributed by atoms with van der Waals surface area (Å²) in [5.74, 6) is 2.86. The average molecular weight is 269 g/mol. The van der Waals surface area contributed by atoms with E-state index in [-0.39, 0.29) is 0 Å². The summed E-state index contributed by atoms with van der Waals surface area (Å²) >= 11 is 7.23. The molecule has 0 aliphatic heterocycles. The Morgan fingerprint density at radius 3 is 2.76 bits per heavy atom. The monoisotopic (exact) mass is 268 g/mol. The molecule has 1 aliphatic carbocycles. The van der Waals surface area contributed by atoms with Crippen molar-refractivity contribution in [2.75, 3.05) is 0 Å². The fourth-order valence-electron chi connectivity index (χ4n) is 2.05. The smallest absolute Gasteiger partial charge is 0.146 e. The maximum atomic E-state index is 10.1. The zero-order valence-electron chi connectivity index (χ0n) is 9.39. The molecule has 2 aromatic rings. The van der Waals surface area contributed by atoms with Gasteiger partial charge >= 0.3 is 0 Å². The molecule has 17 heavy (non-hydrogen) atoms. The van der Waals surface area contributed by atoms with E-state index in [0.717, 1.165) is 10.6 Å². The van der Waals surface area contributed by atoms with Crippen molar-refractivity contribution >= 4 is 22.9 Å². The van der Waals surface area contributed by atoms with Gasteiger partial charge < -0.3 is 9.52 Å². The van der Waals surface area contributed by atoms with E-state index in [2.05, 4.69) is 6.92 Å². The van der Waals surface area contributed by atoms with E-state index in [1.165, 1.54) is 17.8 Å². The van der Waals surface area contributed by atoms with E-state index in [0.29, 0.717) is 21.9 Å². The summed E-state index contributed by atoms with van der Waals surface area (Å²) in [6.07, 6.45) is 0.490. The number of aliphatic hydroxyl groups is 1. The number of thiophene rings is 1. The van der Waals surface area contributed by atoms with Gasteiger partial charge in [0.2, 0.25) is 0 Å². The maximum absolute atomic E-state index is 10.1. The molecule has 1 fully saturated rings. The second-order valence-corrected chi connectivity index (χ2v) is 6.35. The van der Waals surface area contributed by atoms with Crippen LogP contribution in [0.4, 0.5) is 0 Å². The molecule has 2 aromatic heterocycles.